The normalized spacial score (nSPS) is 23.6. The van der Waals surface area contributed by atoms with Gasteiger partial charge in [-0.2, -0.15) is 13.2 Å². The number of carboxylic acids is 1. The highest BCUT2D eigenvalue weighted by Gasteiger charge is 2.51. The minimum Gasteiger partial charge on any atom is -0.475 e. The Morgan fingerprint density at radius 1 is 1.05 bits per heavy atom. The lowest BCUT2D eigenvalue weighted by Gasteiger charge is -2.56. The number of hydrogen-bond acceptors (Lipinski definition) is 6. The van der Waals surface area contributed by atoms with E-state index in [0.29, 0.717) is 24.5 Å². The zero-order chi connectivity index (χ0) is 27.2. The van der Waals surface area contributed by atoms with Crippen LogP contribution in [0.25, 0.3) is 0 Å². The van der Waals surface area contributed by atoms with Crippen LogP contribution in [0.1, 0.15) is 48.8 Å². The van der Waals surface area contributed by atoms with Gasteiger partial charge in [-0.3, -0.25) is 0 Å². The SMILES string of the molecule is O=C(O)C(F)(F)F.O=C(OCCc1ccccc1)OCOc1ccc2c(c1)[C@@]13CCCC[C@@H]1[C@H](C2)NCC3. The molecule has 3 aliphatic rings. The predicted octanol–water partition coefficient (Wildman–Crippen LogP) is 5.40. The lowest BCUT2D eigenvalue weighted by molar-refractivity contribution is -0.192. The maximum atomic E-state index is 11.9. The Morgan fingerprint density at radius 2 is 1.82 bits per heavy atom. The van der Waals surface area contributed by atoms with Crippen LogP contribution in [0.15, 0.2) is 48.5 Å². The van der Waals surface area contributed by atoms with E-state index < -0.39 is 18.3 Å². The molecule has 38 heavy (non-hydrogen) atoms. The minimum atomic E-state index is -5.08. The summed E-state index contributed by atoms with van der Waals surface area (Å²) >= 11 is 0. The highest BCUT2D eigenvalue weighted by molar-refractivity contribution is 5.73. The molecule has 2 aromatic carbocycles. The monoisotopic (exact) mass is 535 g/mol. The molecule has 0 spiro atoms. The molecular weight excluding hydrogens is 503 g/mol. The number of carbonyl (C=O) groups is 2. The van der Waals surface area contributed by atoms with E-state index >= 15 is 0 Å². The first kappa shape index (κ1) is 27.8. The smallest absolute Gasteiger partial charge is 0.475 e. The second-order valence-electron chi connectivity index (χ2n) is 9.89. The van der Waals surface area contributed by atoms with Crippen LogP contribution in [0.5, 0.6) is 5.75 Å². The zero-order valence-corrected chi connectivity index (χ0v) is 21.0. The maximum Gasteiger partial charge on any atom is 0.511 e. The van der Waals surface area contributed by atoms with Gasteiger partial charge >= 0.3 is 18.3 Å². The molecule has 206 valence electrons. The molecule has 2 aliphatic carbocycles. The van der Waals surface area contributed by atoms with Gasteiger partial charge in [0.1, 0.15) is 5.75 Å². The molecule has 2 N–H and O–H groups in total. The molecule has 3 atom stereocenters. The molecule has 2 bridgehead atoms. The van der Waals surface area contributed by atoms with Crippen LogP contribution in [-0.4, -0.2) is 49.4 Å². The molecule has 2 aromatic rings. The fraction of sp³-hybridized carbons (Fsp3) is 0.500. The molecule has 0 aromatic heterocycles. The second-order valence-corrected chi connectivity index (χ2v) is 9.89. The van der Waals surface area contributed by atoms with Crippen molar-refractivity contribution in [2.75, 3.05) is 19.9 Å². The molecule has 0 radical (unpaired) electrons. The predicted molar refractivity (Wildman–Crippen MR) is 132 cm³/mol. The van der Waals surface area contributed by atoms with Crippen LogP contribution in [0.3, 0.4) is 0 Å². The summed E-state index contributed by atoms with van der Waals surface area (Å²) in [6, 6.07) is 16.9. The second kappa shape index (κ2) is 12.1. The molecule has 1 heterocycles. The van der Waals surface area contributed by atoms with Gasteiger partial charge in [0.2, 0.25) is 6.79 Å². The summed E-state index contributed by atoms with van der Waals surface area (Å²) in [6.07, 6.45) is 2.45. The highest BCUT2D eigenvalue weighted by Crippen LogP contribution is 2.54. The van der Waals surface area contributed by atoms with Crippen molar-refractivity contribution in [3.8, 4) is 5.75 Å². The number of rotatable bonds is 6. The summed E-state index contributed by atoms with van der Waals surface area (Å²) in [4.78, 5) is 20.7. The Balaban J connectivity index is 0.000000426. The van der Waals surface area contributed by atoms with Gasteiger partial charge in [-0.05, 0) is 67.0 Å². The van der Waals surface area contributed by atoms with E-state index in [4.69, 9.17) is 24.1 Å². The Hall–Kier alpha value is -3.27. The van der Waals surface area contributed by atoms with Crippen LogP contribution in [0.2, 0.25) is 0 Å². The molecule has 5 rings (SSSR count). The number of carbonyl (C=O) groups excluding carboxylic acids is 1. The van der Waals surface area contributed by atoms with Crippen molar-refractivity contribution in [1.82, 2.24) is 5.32 Å². The van der Waals surface area contributed by atoms with Crippen LogP contribution >= 0.6 is 0 Å². The van der Waals surface area contributed by atoms with Crippen LogP contribution < -0.4 is 10.1 Å². The molecule has 0 unspecified atom stereocenters. The number of hydrogen-bond donors (Lipinski definition) is 2. The standard InChI is InChI=1S/C26H31NO4.C2HF3O2/c28-25(29-15-11-19-6-2-1-3-7-19)31-18-30-21-10-9-20-16-24-22-8-4-5-12-26(22,13-14-27-24)23(20)17-21;3-2(4,5)1(6)7/h1-3,6-7,9-10,17,22,24,27H,4-5,8,11-16,18H2;(H,6,7)/t22-,24+,26-;/m1./s1. The first-order chi connectivity index (χ1) is 18.2. The van der Waals surface area contributed by atoms with Crippen LogP contribution in [-0.2, 0) is 32.5 Å². The molecule has 1 saturated heterocycles. The van der Waals surface area contributed by atoms with E-state index in [1.165, 1.54) is 43.2 Å². The number of ether oxygens (including phenoxy) is 3. The van der Waals surface area contributed by atoms with E-state index in [1.807, 2.05) is 36.4 Å². The number of aliphatic carboxylic acids is 1. The quantitative estimate of drug-likeness (QED) is 0.378. The van der Waals surface area contributed by atoms with Gasteiger partial charge < -0.3 is 24.6 Å². The van der Waals surface area contributed by atoms with Crippen LogP contribution in [0.4, 0.5) is 18.0 Å². The molecule has 10 heteroatoms. The fourth-order valence-corrected chi connectivity index (χ4v) is 6.08. The summed E-state index contributed by atoms with van der Waals surface area (Å²) in [6.45, 7) is 1.26. The van der Waals surface area contributed by atoms with E-state index in [1.54, 1.807) is 0 Å². The largest absolute Gasteiger partial charge is 0.511 e. The van der Waals surface area contributed by atoms with Gasteiger partial charge in [0, 0.05) is 17.9 Å². The minimum absolute atomic E-state index is 0.135. The third kappa shape index (κ3) is 6.59. The number of benzene rings is 2. The Bertz CT molecular complexity index is 1110. The summed E-state index contributed by atoms with van der Waals surface area (Å²) in [5.41, 5.74) is 4.33. The summed E-state index contributed by atoms with van der Waals surface area (Å²) in [5, 5.41) is 10.9. The van der Waals surface area contributed by atoms with Crippen molar-refractivity contribution in [2.45, 2.75) is 62.6 Å². The van der Waals surface area contributed by atoms with E-state index in [2.05, 4.69) is 17.4 Å². The van der Waals surface area contributed by atoms with Gasteiger partial charge in [0.05, 0.1) is 6.61 Å². The fourth-order valence-electron chi connectivity index (χ4n) is 6.08. The zero-order valence-electron chi connectivity index (χ0n) is 21.0. The molecule has 1 aliphatic heterocycles. The third-order valence-electron chi connectivity index (χ3n) is 7.72. The van der Waals surface area contributed by atoms with E-state index in [-0.39, 0.29) is 6.79 Å². The van der Waals surface area contributed by atoms with Gasteiger partial charge in [0.15, 0.2) is 0 Å². The van der Waals surface area contributed by atoms with Crippen molar-refractivity contribution >= 4 is 12.1 Å². The average molecular weight is 536 g/mol. The summed E-state index contributed by atoms with van der Waals surface area (Å²) in [5.74, 6) is -1.26. The molecule has 0 amide bonds. The summed E-state index contributed by atoms with van der Waals surface area (Å²) < 4.78 is 47.8. The number of fused-ring (bicyclic) bond motifs is 1. The van der Waals surface area contributed by atoms with Crippen LogP contribution in [0, 0.1) is 5.92 Å². The van der Waals surface area contributed by atoms with Crippen molar-refractivity contribution in [3.63, 3.8) is 0 Å². The first-order valence-electron chi connectivity index (χ1n) is 12.8. The lowest BCUT2D eigenvalue weighted by Crippen LogP contribution is -2.59. The Kier molecular flexibility index (Phi) is 8.81. The molecule has 2 fully saturated rings. The van der Waals surface area contributed by atoms with E-state index in [0.717, 1.165) is 30.2 Å². The molecular formula is C28H32F3NO6. The number of halogens is 3. The number of nitrogens with one attached hydrogen (secondary N) is 1. The third-order valence-corrected chi connectivity index (χ3v) is 7.72. The van der Waals surface area contributed by atoms with Gasteiger partial charge in [0.25, 0.3) is 0 Å². The molecule has 7 nitrogen and oxygen atoms in total. The van der Waals surface area contributed by atoms with Crippen molar-refractivity contribution in [1.29, 1.82) is 0 Å². The van der Waals surface area contributed by atoms with Gasteiger partial charge in [-0.15, -0.1) is 0 Å². The average Bonchev–Trinajstić information content (AvgIpc) is 2.89. The number of piperidine rings is 1. The Morgan fingerprint density at radius 3 is 2.55 bits per heavy atom. The van der Waals surface area contributed by atoms with Crippen molar-refractivity contribution < 1.29 is 42.1 Å². The highest BCUT2D eigenvalue weighted by atomic mass is 19.4. The lowest BCUT2D eigenvalue weighted by atomic mass is 9.53. The molecule has 1 saturated carbocycles. The number of alkyl halides is 3. The summed E-state index contributed by atoms with van der Waals surface area (Å²) in [7, 11) is 0. The van der Waals surface area contributed by atoms with Crippen molar-refractivity contribution in [2.24, 2.45) is 5.92 Å². The van der Waals surface area contributed by atoms with Gasteiger partial charge in [-0.1, -0.05) is 49.2 Å². The first-order valence-corrected chi connectivity index (χ1v) is 12.8. The van der Waals surface area contributed by atoms with E-state index in [9.17, 15) is 18.0 Å². The maximum absolute atomic E-state index is 11.9. The van der Waals surface area contributed by atoms with Gasteiger partial charge in [-0.25, -0.2) is 9.59 Å². The topological polar surface area (TPSA) is 94.1 Å². The number of carboxylic acid groups (broad SMARTS) is 1. The Labute approximate surface area is 219 Å². The van der Waals surface area contributed by atoms with Crippen molar-refractivity contribution in [3.05, 3.63) is 65.2 Å².